The normalized spacial score (nSPS) is 21.1. The minimum Gasteiger partial charge on any atom is -0.342 e. The predicted octanol–water partition coefficient (Wildman–Crippen LogP) is 2.78. The number of urea groups is 1. The molecule has 148 valence electrons. The number of anilines is 1. The van der Waals surface area contributed by atoms with E-state index in [1.807, 2.05) is 42.3 Å². The molecule has 3 amide bonds. The Morgan fingerprint density at radius 1 is 1.04 bits per heavy atom. The molecule has 27 heavy (non-hydrogen) atoms. The minimum absolute atomic E-state index is 0.0610. The van der Waals surface area contributed by atoms with E-state index in [-0.39, 0.29) is 17.9 Å². The van der Waals surface area contributed by atoms with Crippen molar-refractivity contribution < 1.29 is 9.59 Å². The second-order valence-corrected chi connectivity index (χ2v) is 7.74. The number of hydrogen-bond donors (Lipinski definition) is 2. The van der Waals surface area contributed by atoms with E-state index in [1.54, 1.807) is 4.90 Å². The maximum atomic E-state index is 13.0. The van der Waals surface area contributed by atoms with Crippen molar-refractivity contribution in [3.63, 3.8) is 0 Å². The van der Waals surface area contributed by atoms with Gasteiger partial charge in [-0.1, -0.05) is 18.2 Å². The van der Waals surface area contributed by atoms with Crippen LogP contribution in [0.1, 0.15) is 32.1 Å². The van der Waals surface area contributed by atoms with Crippen molar-refractivity contribution in [1.29, 1.82) is 0 Å². The third-order valence-corrected chi connectivity index (χ3v) is 5.81. The van der Waals surface area contributed by atoms with E-state index >= 15 is 0 Å². The van der Waals surface area contributed by atoms with E-state index in [4.69, 9.17) is 0 Å². The number of carbonyl (C=O) groups excluding carboxylic acids is 2. The van der Waals surface area contributed by atoms with Gasteiger partial charge in [0.15, 0.2) is 0 Å². The number of piperidine rings is 2. The first-order valence-corrected chi connectivity index (χ1v) is 10.2. The molecule has 0 aromatic heterocycles. The summed E-state index contributed by atoms with van der Waals surface area (Å²) in [6.07, 6.45) is 5.15. The highest BCUT2D eigenvalue weighted by molar-refractivity contribution is 5.90. The van der Waals surface area contributed by atoms with Crippen LogP contribution in [0.4, 0.5) is 10.5 Å². The second kappa shape index (κ2) is 9.74. The van der Waals surface area contributed by atoms with Crippen LogP contribution in [0.15, 0.2) is 30.3 Å². The molecule has 0 radical (unpaired) electrons. The lowest BCUT2D eigenvalue weighted by Crippen LogP contribution is -2.49. The standard InChI is InChI=1S/C21H32N4O2/c1-22-12-9-17-10-14-24(15-11-17)20(26)18-6-5-13-25(16-18)21(27)23-19-7-3-2-4-8-19/h2-4,7-8,17-18,22H,5-6,9-16H2,1H3,(H,23,27). The van der Waals surface area contributed by atoms with Gasteiger partial charge in [0.05, 0.1) is 5.92 Å². The van der Waals surface area contributed by atoms with Gasteiger partial charge >= 0.3 is 6.03 Å². The number of hydrogen-bond acceptors (Lipinski definition) is 3. The molecule has 6 nitrogen and oxygen atoms in total. The number of benzene rings is 1. The molecule has 2 heterocycles. The summed E-state index contributed by atoms with van der Waals surface area (Å²) in [5.74, 6) is 0.898. The Kier molecular flexibility index (Phi) is 7.10. The number of rotatable bonds is 5. The van der Waals surface area contributed by atoms with Gasteiger partial charge in [-0.15, -0.1) is 0 Å². The molecule has 1 aromatic rings. The van der Waals surface area contributed by atoms with Gasteiger partial charge in [-0.3, -0.25) is 4.79 Å². The van der Waals surface area contributed by atoms with Crippen LogP contribution >= 0.6 is 0 Å². The quantitative estimate of drug-likeness (QED) is 0.835. The summed E-state index contributed by atoms with van der Waals surface area (Å²) in [7, 11) is 1.99. The van der Waals surface area contributed by atoms with Crippen molar-refractivity contribution in [3.05, 3.63) is 30.3 Å². The molecule has 0 aliphatic carbocycles. The average Bonchev–Trinajstić information content (AvgIpc) is 2.73. The van der Waals surface area contributed by atoms with Crippen molar-refractivity contribution >= 4 is 17.6 Å². The molecule has 3 rings (SSSR count). The van der Waals surface area contributed by atoms with Crippen molar-refractivity contribution in [2.24, 2.45) is 11.8 Å². The van der Waals surface area contributed by atoms with Crippen LogP contribution in [0.2, 0.25) is 0 Å². The molecule has 2 fully saturated rings. The molecular formula is C21H32N4O2. The van der Waals surface area contributed by atoms with E-state index in [1.165, 1.54) is 6.42 Å². The van der Waals surface area contributed by atoms with Crippen LogP contribution in [0, 0.1) is 11.8 Å². The maximum Gasteiger partial charge on any atom is 0.321 e. The van der Waals surface area contributed by atoms with E-state index in [9.17, 15) is 9.59 Å². The highest BCUT2D eigenvalue weighted by Crippen LogP contribution is 2.25. The summed E-state index contributed by atoms with van der Waals surface area (Å²) >= 11 is 0. The van der Waals surface area contributed by atoms with Gasteiger partial charge in [0.2, 0.25) is 5.91 Å². The van der Waals surface area contributed by atoms with Crippen molar-refractivity contribution in [1.82, 2.24) is 15.1 Å². The molecule has 0 spiro atoms. The van der Waals surface area contributed by atoms with Crippen LogP contribution in [0.25, 0.3) is 0 Å². The molecular weight excluding hydrogens is 340 g/mol. The summed E-state index contributed by atoms with van der Waals surface area (Å²) in [5.41, 5.74) is 0.791. The minimum atomic E-state index is -0.107. The zero-order valence-corrected chi connectivity index (χ0v) is 16.3. The Balaban J connectivity index is 1.49. The van der Waals surface area contributed by atoms with Crippen molar-refractivity contribution in [2.75, 3.05) is 45.1 Å². The van der Waals surface area contributed by atoms with E-state index < -0.39 is 0 Å². The Morgan fingerprint density at radius 2 is 1.78 bits per heavy atom. The fourth-order valence-corrected chi connectivity index (χ4v) is 4.14. The molecule has 2 aliphatic rings. The largest absolute Gasteiger partial charge is 0.342 e. The van der Waals surface area contributed by atoms with Gasteiger partial charge in [0.1, 0.15) is 0 Å². The van der Waals surface area contributed by atoms with Crippen molar-refractivity contribution in [2.45, 2.75) is 32.1 Å². The summed E-state index contributed by atoms with van der Waals surface area (Å²) in [5, 5.41) is 6.14. The Hall–Kier alpha value is -2.08. The van der Waals surface area contributed by atoms with Crippen LogP contribution in [0.5, 0.6) is 0 Å². The lowest BCUT2D eigenvalue weighted by atomic mass is 9.91. The number of nitrogens with zero attached hydrogens (tertiary/aromatic N) is 2. The van der Waals surface area contributed by atoms with Crippen LogP contribution in [-0.4, -0.2) is 61.5 Å². The van der Waals surface area contributed by atoms with Gasteiger partial charge in [-0.05, 0) is 63.7 Å². The Labute approximate surface area is 162 Å². The zero-order chi connectivity index (χ0) is 19.1. The summed E-state index contributed by atoms with van der Waals surface area (Å²) in [6, 6.07) is 9.37. The highest BCUT2D eigenvalue weighted by atomic mass is 16.2. The van der Waals surface area contributed by atoms with Gasteiger partial charge < -0.3 is 20.4 Å². The van der Waals surface area contributed by atoms with E-state index in [0.717, 1.165) is 56.9 Å². The average molecular weight is 373 g/mol. The molecule has 0 bridgehead atoms. The number of nitrogens with one attached hydrogen (secondary N) is 2. The lowest BCUT2D eigenvalue weighted by molar-refractivity contribution is -0.138. The molecule has 6 heteroatoms. The fraction of sp³-hybridized carbons (Fsp3) is 0.619. The number of para-hydroxylation sites is 1. The van der Waals surface area contributed by atoms with E-state index in [2.05, 4.69) is 10.6 Å². The SMILES string of the molecule is CNCCC1CCN(C(=O)C2CCCN(C(=O)Nc3ccccc3)C2)CC1. The summed E-state index contributed by atoms with van der Waals surface area (Å²) in [6.45, 7) is 4.01. The first-order valence-electron chi connectivity index (χ1n) is 10.2. The van der Waals surface area contributed by atoms with Gasteiger partial charge in [-0.2, -0.15) is 0 Å². The summed E-state index contributed by atoms with van der Waals surface area (Å²) in [4.78, 5) is 29.3. The Morgan fingerprint density at radius 3 is 2.48 bits per heavy atom. The van der Waals surface area contributed by atoms with Crippen LogP contribution < -0.4 is 10.6 Å². The number of carbonyl (C=O) groups is 2. The highest BCUT2D eigenvalue weighted by Gasteiger charge is 2.32. The molecule has 1 aromatic carbocycles. The van der Waals surface area contributed by atoms with Gasteiger partial charge in [0, 0.05) is 31.9 Å². The zero-order valence-electron chi connectivity index (χ0n) is 16.3. The lowest BCUT2D eigenvalue weighted by Gasteiger charge is -2.37. The molecule has 2 N–H and O–H groups in total. The first-order chi connectivity index (χ1) is 13.2. The van der Waals surface area contributed by atoms with Crippen LogP contribution in [-0.2, 0) is 4.79 Å². The topological polar surface area (TPSA) is 64.7 Å². The third kappa shape index (κ3) is 5.45. The summed E-state index contributed by atoms with van der Waals surface area (Å²) < 4.78 is 0. The third-order valence-electron chi connectivity index (χ3n) is 5.81. The van der Waals surface area contributed by atoms with Gasteiger partial charge in [-0.25, -0.2) is 4.79 Å². The number of amides is 3. The molecule has 0 saturated carbocycles. The smallest absolute Gasteiger partial charge is 0.321 e. The maximum absolute atomic E-state index is 13.0. The predicted molar refractivity (Wildman–Crippen MR) is 108 cm³/mol. The molecule has 1 atom stereocenters. The van der Waals surface area contributed by atoms with Gasteiger partial charge in [0.25, 0.3) is 0 Å². The first kappa shape index (κ1) is 19.7. The Bertz CT molecular complexity index is 614. The monoisotopic (exact) mass is 372 g/mol. The second-order valence-electron chi connectivity index (χ2n) is 7.74. The fourth-order valence-electron chi connectivity index (χ4n) is 4.14. The molecule has 1 unspecified atom stereocenters. The van der Waals surface area contributed by atoms with Crippen molar-refractivity contribution in [3.8, 4) is 0 Å². The molecule has 2 saturated heterocycles. The molecule has 2 aliphatic heterocycles. The van der Waals surface area contributed by atoms with Crippen LogP contribution in [0.3, 0.4) is 0 Å². The number of likely N-dealkylation sites (tertiary alicyclic amines) is 2. The van der Waals surface area contributed by atoms with E-state index in [0.29, 0.717) is 13.1 Å².